The Morgan fingerprint density at radius 1 is 0.767 bits per heavy atom. The van der Waals surface area contributed by atoms with Crippen molar-refractivity contribution in [1.82, 2.24) is 9.88 Å². The fourth-order valence-corrected chi connectivity index (χ4v) is 3.97. The minimum Gasteiger partial charge on any atom is -0.478 e. The summed E-state index contributed by atoms with van der Waals surface area (Å²) in [6.45, 7) is 4.96. The molecular weight excluding hydrogens is 565 g/mol. The lowest BCUT2D eigenvalue weighted by Gasteiger charge is -2.35. The van der Waals surface area contributed by atoms with Crippen LogP contribution in [0.25, 0.3) is 22.0 Å². The quantitative estimate of drug-likeness (QED) is 0.227. The number of aliphatic hydroxyl groups excluding tert-OH is 1. The van der Waals surface area contributed by atoms with Crippen molar-refractivity contribution in [1.29, 1.82) is 0 Å². The van der Waals surface area contributed by atoms with Gasteiger partial charge in [-0.25, -0.2) is 28.6 Å². The molecule has 0 aliphatic carbocycles. The molecule has 2 heterocycles. The minimum atomic E-state index is -1.26. The third-order valence-corrected chi connectivity index (χ3v) is 5.92. The summed E-state index contributed by atoms with van der Waals surface area (Å²) >= 11 is 0. The van der Waals surface area contributed by atoms with Crippen LogP contribution >= 0.6 is 0 Å². The molecule has 1 saturated heterocycles. The van der Waals surface area contributed by atoms with E-state index in [9.17, 15) is 23.6 Å². The molecule has 4 rings (SSSR count). The number of piperazine rings is 1. The van der Waals surface area contributed by atoms with E-state index in [2.05, 4.69) is 21.9 Å². The number of carboxylic acid groups (broad SMARTS) is 4. The van der Waals surface area contributed by atoms with Gasteiger partial charge in [-0.3, -0.25) is 4.90 Å². The number of carboxylic acids is 4. The Bertz CT molecular complexity index is 1390. The number of fused-ring (bicyclic) bond motifs is 1. The molecule has 1 aromatic heterocycles. The van der Waals surface area contributed by atoms with Gasteiger partial charge in [0, 0.05) is 69.0 Å². The topological polar surface area (TPSA) is 189 Å². The molecule has 1 aliphatic heterocycles. The highest BCUT2D eigenvalue weighted by molar-refractivity contribution is 5.96. The zero-order chi connectivity index (χ0) is 31.8. The molecule has 3 aromatic rings. The van der Waals surface area contributed by atoms with Crippen LogP contribution in [-0.4, -0.2) is 98.6 Å². The van der Waals surface area contributed by atoms with Crippen molar-refractivity contribution in [2.45, 2.75) is 6.42 Å². The summed E-state index contributed by atoms with van der Waals surface area (Å²) in [5.74, 6) is -4.29. The zero-order valence-electron chi connectivity index (χ0n) is 23.0. The molecule has 5 N–H and O–H groups in total. The number of hydrogen-bond donors (Lipinski definition) is 5. The number of aliphatic carboxylic acids is 4. The lowest BCUT2D eigenvalue weighted by atomic mass is 10.0. The Hall–Kier alpha value is -5.14. The predicted octanol–water partition coefficient (Wildman–Crippen LogP) is 2.97. The Balaban J connectivity index is 0.000000334. The maximum atomic E-state index is 13.4. The lowest BCUT2D eigenvalue weighted by molar-refractivity contribution is -0.134. The minimum absolute atomic E-state index is 0.226. The van der Waals surface area contributed by atoms with Crippen LogP contribution < -0.4 is 4.90 Å². The first-order valence-electron chi connectivity index (χ1n) is 13.0. The van der Waals surface area contributed by atoms with E-state index in [0.29, 0.717) is 24.3 Å². The van der Waals surface area contributed by atoms with Crippen LogP contribution in [0.1, 0.15) is 6.42 Å². The van der Waals surface area contributed by atoms with Crippen molar-refractivity contribution in [3.63, 3.8) is 0 Å². The fourth-order valence-electron chi connectivity index (χ4n) is 3.97. The highest BCUT2D eigenvalue weighted by Crippen LogP contribution is 2.31. The number of hydrogen-bond acceptors (Lipinski definition) is 8. The summed E-state index contributed by atoms with van der Waals surface area (Å²) in [5.41, 5.74) is 3.04. The van der Waals surface area contributed by atoms with E-state index in [4.69, 9.17) is 30.5 Å². The van der Waals surface area contributed by atoms with E-state index in [1.807, 2.05) is 30.3 Å². The van der Waals surface area contributed by atoms with Gasteiger partial charge in [0.25, 0.3) is 0 Å². The summed E-state index contributed by atoms with van der Waals surface area (Å²) in [6.07, 6.45) is 3.05. The lowest BCUT2D eigenvalue weighted by Crippen LogP contribution is -2.47. The smallest absolute Gasteiger partial charge is 0.328 e. The first-order valence-corrected chi connectivity index (χ1v) is 13.0. The number of rotatable bonds is 9. The molecule has 2 aromatic carbocycles. The zero-order valence-corrected chi connectivity index (χ0v) is 23.0. The van der Waals surface area contributed by atoms with Crippen LogP contribution in [0.4, 0.5) is 10.2 Å². The second kappa shape index (κ2) is 17.6. The largest absolute Gasteiger partial charge is 0.478 e. The molecule has 0 saturated carbocycles. The van der Waals surface area contributed by atoms with Crippen LogP contribution in [0, 0.1) is 5.82 Å². The maximum absolute atomic E-state index is 13.4. The molecule has 0 radical (unpaired) electrons. The third kappa shape index (κ3) is 12.5. The summed E-state index contributed by atoms with van der Waals surface area (Å²) in [5, 5.41) is 41.3. The second-order valence-corrected chi connectivity index (χ2v) is 8.98. The summed E-state index contributed by atoms with van der Waals surface area (Å²) in [6, 6.07) is 16.9. The second-order valence-electron chi connectivity index (χ2n) is 8.98. The van der Waals surface area contributed by atoms with E-state index in [-0.39, 0.29) is 12.4 Å². The molecule has 228 valence electrons. The monoisotopic (exact) mass is 597 g/mol. The van der Waals surface area contributed by atoms with Gasteiger partial charge in [-0.05, 0) is 41.8 Å². The van der Waals surface area contributed by atoms with Crippen LogP contribution in [0.3, 0.4) is 0 Å². The highest BCUT2D eigenvalue weighted by Gasteiger charge is 2.19. The number of anilines is 1. The van der Waals surface area contributed by atoms with Gasteiger partial charge in [0.05, 0.1) is 5.52 Å². The molecule has 1 aliphatic rings. The van der Waals surface area contributed by atoms with Gasteiger partial charge in [0.1, 0.15) is 11.6 Å². The molecule has 13 heteroatoms. The number of aromatic nitrogens is 1. The van der Waals surface area contributed by atoms with Crippen molar-refractivity contribution in [3.05, 3.63) is 84.7 Å². The van der Waals surface area contributed by atoms with Crippen LogP contribution in [0.15, 0.2) is 78.9 Å². The third-order valence-electron chi connectivity index (χ3n) is 5.92. The molecule has 0 spiro atoms. The van der Waals surface area contributed by atoms with Gasteiger partial charge in [-0.2, -0.15) is 0 Å². The summed E-state index contributed by atoms with van der Waals surface area (Å²) in [7, 11) is 0. The number of halogens is 1. The predicted molar refractivity (Wildman–Crippen MR) is 156 cm³/mol. The molecule has 1 fully saturated rings. The number of aliphatic hydroxyl groups is 1. The van der Waals surface area contributed by atoms with Crippen molar-refractivity contribution in [2.24, 2.45) is 0 Å². The molecule has 0 amide bonds. The Labute approximate surface area is 246 Å². The number of pyridine rings is 1. The number of benzene rings is 2. The van der Waals surface area contributed by atoms with Gasteiger partial charge >= 0.3 is 23.9 Å². The van der Waals surface area contributed by atoms with Crippen molar-refractivity contribution < 1.29 is 49.1 Å². The number of nitrogens with zero attached hydrogens (tertiary/aromatic N) is 3. The molecule has 0 unspecified atom stereocenters. The fraction of sp³-hybridized carbons (Fsp3) is 0.233. The first-order chi connectivity index (χ1) is 20.5. The van der Waals surface area contributed by atoms with Crippen molar-refractivity contribution in [2.75, 3.05) is 44.2 Å². The Morgan fingerprint density at radius 3 is 1.77 bits per heavy atom. The summed E-state index contributed by atoms with van der Waals surface area (Å²) in [4.78, 5) is 47.8. The van der Waals surface area contributed by atoms with Crippen LogP contribution in [-0.2, 0) is 19.2 Å². The van der Waals surface area contributed by atoms with Crippen LogP contribution in [0.5, 0.6) is 0 Å². The van der Waals surface area contributed by atoms with E-state index in [1.165, 1.54) is 12.1 Å². The first kappa shape index (κ1) is 34.1. The normalized spacial score (nSPS) is 13.2. The average Bonchev–Trinajstić information content (AvgIpc) is 2.99. The molecule has 12 nitrogen and oxygen atoms in total. The number of carbonyl (C=O) groups is 4. The van der Waals surface area contributed by atoms with E-state index in [0.717, 1.165) is 67.0 Å². The molecule has 43 heavy (non-hydrogen) atoms. The van der Waals surface area contributed by atoms with Gasteiger partial charge in [0.15, 0.2) is 0 Å². The van der Waals surface area contributed by atoms with Gasteiger partial charge in [0.2, 0.25) is 0 Å². The van der Waals surface area contributed by atoms with E-state index in [1.54, 1.807) is 0 Å². The average molecular weight is 598 g/mol. The molecule has 0 atom stereocenters. The van der Waals surface area contributed by atoms with Gasteiger partial charge in [-0.15, -0.1) is 0 Å². The van der Waals surface area contributed by atoms with E-state index >= 15 is 0 Å². The Morgan fingerprint density at radius 2 is 1.28 bits per heavy atom. The SMILES string of the molecule is O=C(O)/C=C\C(=O)O.O=C(O)/C=C\C(=O)O.OCCCN1CCN(c2cc(-c3ccc(F)cc3)c3ccccc3n2)CC1. The maximum Gasteiger partial charge on any atom is 0.328 e. The molecular formula is C30H32FN3O9. The van der Waals surface area contributed by atoms with E-state index < -0.39 is 23.9 Å². The van der Waals surface area contributed by atoms with Crippen molar-refractivity contribution >= 4 is 40.6 Å². The standard InChI is InChI=1S/C22H24FN3O.2C4H4O4/c23-18-8-6-17(7-9-18)20-16-22(24-21-5-2-1-4-19(20)21)26-13-11-25(12-14-26)10-3-15-27;2*5-3(6)1-2-4(7)8/h1-2,4-9,16,27H,3,10-15H2;2*1-2H,(H,5,6)(H,7,8)/b;2*2-1-. The summed E-state index contributed by atoms with van der Waals surface area (Å²) < 4.78 is 13.4. The van der Waals surface area contributed by atoms with Crippen LogP contribution in [0.2, 0.25) is 0 Å². The van der Waals surface area contributed by atoms with Gasteiger partial charge in [-0.1, -0.05) is 30.3 Å². The Kier molecular flexibility index (Phi) is 14.0. The molecule has 0 bridgehead atoms. The highest BCUT2D eigenvalue weighted by atomic mass is 19.1. The number of para-hydroxylation sites is 1. The van der Waals surface area contributed by atoms with Gasteiger partial charge < -0.3 is 30.4 Å². The van der Waals surface area contributed by atoms with Crippen molar-refractivity contribution in [3.8, 4) is 11.1 Å².